The van der Waals surface area contributed by atoms with E-state index in [9.17, 15) is 8.42 Å². The van der Waals surface area contributed by atoms with E-state index in [0.717, 1.165) is 0 Å². The third-order valence-electron chi connectivity index (χ3n) is 4.30. The Morgan fingerprint density at radius 1 is 1.00 bits per heavy atom. The molecule has 0 aliphatic rings. The van der Waals surface area contributed by atoms with Gasteiger partial charge in [-0.2, -0.15) is 13.4 Å². The summed E-state index contributed by atoms with van der Waals surface area (Å²) in [6.07, 6.45) is 1.97. The first kappa shape index (κ1) is 16.4. The Morgan fingerprint density at radius 2 is 1.76 bits per heavy atom. The van der Waals surface area contributed by atoms with Crippen LogP contribution in [-0.2, 0) is 10.0 Å². The number of methoxy groups -OCH3 is 2. The number of para-hydroxylation sites is 2. The molecule has 0 saturated carbocycles. The number of hydrogen-bond acceptors (Lipinski definition) is 9. The number of sulfonamides is 1. The molecule has 0 unspecified atom stereocenters. The Kier molecular flexibility index (Phi) is 4.68. The molecule has 0 aliphatic carbocycles. The van der Waals surface area contributed by atoms with Crippen molar-refractivity contribution >= 4 is 15.8 Å². The number of benzene rings is 1. The molecule has 1 aromatic carbocycles. The Labute approximate surface area is 205 Å². The van der Waals surface area contributed by atoms with Gasteiger partial charge in [0.1, 0.15) is 0 Å². The second kappa shape index (κ2) is 9.71. The molecule has 0 radical (unpaired) electrons. The second-order valence-electron chi connectivity index (χ2n) is 6.48. The number of anilines is 1. The Hall–Kier alpha value is -4.25. The Bertz CT molecular complexity index is 1670. The molecule has 3 heterocycles. The molecule has 174 valence electrons. The molecule has 10 nitrogen and oxygen atoms in total. The van der Waals surface area contributed by atoms with Gasteiger partial charge in [-0.05, 0) is 42.7 Å². The largest absolute Gasteiger partial charge is 0.493 e. The third-order valence-corrected chi connectivity index (χ3v) is 5.46. The molecule has 0 bridgehead atoms. The van der Waals surface area contributed by atoms with Crippen LogP contribution in [0.1, 0.15) is 13.8 Å². The molecule has 0 saturated heterocycles. The first-order valence-electron chi connectivity index (χ1n) is 12.6. The van der Waals surface area contributed by atoms with E-state index in [1.54, 1.807) is 36.4 Å². The van der Waals surface area contributed by atoms with E-state index in [1.165, 1.54) is 26.6 Å². The highest BCUT2D eigenvalue weighted by Gasteiger charge is 2.25. The molecule has 0 amide bonds. The topological polar surface area (TPSA) is 125 Å². The van der Waals surface area contributed by atoms with Crippen molar-refractivity contribution in [1.82, 2.24) is 19.9 Å². The van der Waals surface area contributed by atoms with Crippen molar-refractivity contribution in [3.05, 3.63) is 72.6 Å². The van der Waals surface area contributed by atoms with E-state index in [0.29, 0.717) is 11.3 Å². The number of ether oxygens (including phenoxy) is 3. The highest BCUT2D eigenvalue weighted by Crippen LogP contribution is 2.41. The smallest absolute Gasteiger partial charge is 0.280 e. The van der Waals surface area contributed by atoms with Gasteiger partial charge in [0.15, 0.2) is 28.2 Å². The summed E-state index contributed by atoms with van der Waals surface area (Å²) in [6.45, 7) is -2.96. The van der Waals surface area contributed by atoms with Gasteiger partial charge in [0, 0.05) is 28.2 Å². The molecule has 1 N–H and O–H groups in total. The summed E-state index contributed by atoms with van der Waals surface area (Å²) in [5.41, 5.74) is -0.402. The number of nitrogens with one attached hydrogen (secondary N) is 1. The number of pyridine rings is 2. The molecular formula is C23H21N5O5S. The molecule has 34 heavy (non-hydrogen) atoms. The quantitative estimate of drug-likeness (QED) is 0.396. The van der Waals surface area contributed by atoms with Gasteiger partial charge < -0.3 is 14.2 Å². The first-order chi connectivity index (χ1) is 18.9. The van der Waals surface area contributed by atoms with Gasteiger partial charge in [0.05, 0.1) is 18.3 Å². The van der Waals surface area contributed by atoms with Gasteiger partial charge in [-0.1, -0.05) is 18.2 Å². The SMILES string of the molecule is [2H]c1nc(S(=O)(=O)Nc2nc(-c3ccncc3)nc(OC)c2Oc2ccccc2OC)c([2H])c([2H])c1C([2H])([2H])[2H]. The minimum absolute atomic E-state index is 0.0171. The summed E-state index contributed by atoms with van der Waals surface area (Å²) in [6, 6.07) is 7.65. The van der Waals surface area contributed by atoms with Gasteiger partial charge in [0.2, 0.25) is 5.75 Å². The maximum atomic E-state index is 13.5. The second-order valence-corrected chi connectivity index (χ2v) is 8.08. The van der Waals surface area contributed by atoms with E-state index < -0.39 is 51.5 Å². The summed E-state index contributed by atoms with van der Waals surface area (Å²) >= 11 is 0. The fourth-order valence-electron chi connectivity index (χ4n) is 2.75. The average molecular weight is 486 g/mol. The van der Waals surface area contributed by atoms with Crippen LogP contribution in [0.2, 0.25) is 0 Å². The van der Waals surface area contributed by atoms with Crippen molar-refractivity contribution in [1.29, 1.82) is 0 Å². The number of nitrogens with zero attached hydrogens (tertiary/aromatic N) is 4. The number of hydrogen-bond donors (Lipinski definition) is 1. The lowest BCUT2D eigenvalue weighted by atomic mass is 10.2. The lowest BCUT2D eigenvalue weighted by molar-refractivity contribution is 0.348. The standard InChI is InChI=1S/C23H21N5O5S/c1-15-8-9-19(25-14-15)34(29,30)28-22-20(33-18-7-5-4-6-17(18)31-2)23(32-3)27-21(26-22)16-10-12-24-13-11-16/h4-14H,1-3H3,(H,26,27,28)/i1D3,8D,9D,14D. The fourth-order valence-corrected chi connectivity index (χ4v) is 3.59. The highest BCUT2D eigenvalue weighted by molar-refractivity contribution is 7.92. The summed E-state index contributed by atoms with van der Waals surface area (Å²) < 4.78 is 92.5. The molecule has 0 fully saturated rings. The van der Waals surface area contributed by atoms with Gasteiger partial charge >= 0.3 is 0 Å². The van der Waals surface area contributed by atoms with Crippen molar-refractivity contribution in [2.24, 2.45) is 0 Å². The third kappa shape index (κ3) is 4.89. The van der Waals surface area contributed by atoms with Crippen LogP contribution in [0.15, 0.2) is 72.1 Å². The Morgan fingerprint density at radius 3 is 2.47 bits per heavy atom. The molecule has 0 spiro atoms. The predicted octanol–water partition coefficient (Wildman–Crippen LogP) is 3.85. The summed E-state index contributed by atoms with van der Waals surface area (Å²) in [4.78, 5) is 16.1. The van der Waals surface area contributed by atoms with Gasteiger partial charge in [-0.15, -0.1) is 0 Å². The van der Waals surface area contributed by atoms with Gasteiger partial charge in [0.25, 0.3) is 15.9 Å². The normalized spacial score (nSPS) is 13.9. The van der Waals surface area contributed by atoms with Crippen LogP contribution >= 0.6 is 0 Å². The molecule has 0 atom stereocenters. The number of aromatic nitrogens is 4. The van der Waals surface area contributed by atoms with E-state index in [2.05, 4.69) is 24.7 Å². The van der Waals surface area contributed by atoms with Crippen molar-refractivity contribution < 1.29 is 30.9 Å². The monoisotopic (exact) mass is 485 g/mol. The predicted molar refractivity (Wildman–Crippen MR) is 125 cm³/mol. The summed E-state index contributed by atoms with van der Waals surface area (Å²) in [7, 11) is -2.16. The molecule has 3 aromatic heterocycles. The summed E-state index contributed by atoms with van der Waals surface area (Å²) in [5, 5.41) is -1.05. The van der Waals surface area contributed by atoms with E-state index >= 15 is 0 Å². The van der Waals surface area contributed by atoms with Crippen molar-refractivity contribution in [3.63, 3.8) is 0 Å². The van der Waals surface area contributed by atoms with E-state index in [1.807, 2.05) is 0 Å². The average Bonchev–Trinajstić information content (AvgIpc) is 2.91. The van der Waals surface area contributed by atoms with Crippen LogP contribution in [0.3, 0.4) is 0 Å². The van der Waals surface area contributed by atoms with E-state index in [4.69, 9.17) is 22.4 Å². The minimum atomic E-state index is -4.85. The maximum Gasteiger partial charge on any atom is 0.280 e. The zero-order valence-electron chi connectivity index (χ0n) is 23.9. The van der Waals surface area contributed by atoms with Crippen LogP contribution in [0.4, 0.5) is 5.82 Å². The summed E-state index contributed by atoms with van der Waals surface area (Å²) in [5.74, 6) is -0.426. The van der Waals surface area contributed by atoms with Gasteiger partial charge in [-0.3, -0.25) is 9.71 Å². The lowest BCUT2D eigenvalue weighted by Crippen LogP contribution is -2.17. The molecular weight excluding hydrogens is 458 g/mol. The molecule has 0 aliphatic heterocycles. The molecule has 4 aromatic rings. The maximum absolute atomic E-state index is 13.5. The van der Waals surface area contributed by atoms with Crippen LogP contribution < -0.4 is 18.9 Å². The van der Waals surface area contributed by atoms with Crippen molar-refractivity contribution in [2.45, 2.75) is 11.9 Å². The zero-order chi connectivity index (χ0) is 29.2. The lowest BCUT2D eigenvalue weighted by Gasteiger charge is -2.17. The Balaban J connectivity index is 1.91. The van der Waals surface area contributed by atoms with Crippen LogP contribution in [-0.4, -0.2) is 42.6 Å². The van der Waals surface area contributed by atoms with Gasteiger partial charge in [-0.25, -0.2) is 9.97 Å². The van der Waals surface area contributed by atoms with Crippen LogP contribution in [0, 0.1) is 6.85 Å². The molecule has 4 rings (SSSR count). The fraction of sp³-hybridized carbons (Fsp3) is 0.130. The van der Waals surface area contributed by atoms with Crippen molar-refractivity contribution in [2.75, 3.05) is 18.9 Å². The zero-order valence-corrected chi connectivity index (χ0v) is 18.7. The van der Waals surface area contributed by atoms with Crippen molar-refractivity contribution in [3.8, 4) is 34.5 Å². The first-order valence-corrected chi connectivity index (χ1v) is 11.0. The van der Waals surface area contributed by atoms with E-state index in [-0.39, 0.29) is 23.2 Å². The number of rotatable bonds is 8. The molecule has 11 heteroatoms. The van der Waals surface area contributed by atoms with Crippen LogP contribution in [0.5, 0.6) is 23.1 Å². The highest BCUT2D eigenvalue weighted by atomic mass is 32.2. The minimum Gasteiger partial charge on any atom is -0.493 e. The van der Waals surface area contributed by atoms with Crippen LogP contribution in [0.25, 0.3) is 11.4 Å².